The van der Waals surface area contributed by atoms with Crippen molar-refractivity contribution in [1.82, 2.24) is 14.9 Å². The molecule has 1 N–H and O–H groups in total. The minimum Gasteiger partial charge on any atom is -0.486 e. The highest BCUT2D eigenvalue weighted by Gasteiger charge is 2.67. The molecule has 2 saturated heterocycles. The summed E-state index contributed by atoms with van der Waals surface area (Å²) in [5.41, 5.74) is 2.56. The van der Waals surface area contributed by atoms with Crippen LogP contribution in [0, 0.1) is 24.2 Å². The van der Waals surface area contributed by atoms with Crippen LogP contribution in [-0.4, -0.2) is 70.4 Å². The van der Waals surface area contributed by atoms with E-state index in [1.807, 2.05) is 39.8 Å². The van der Waals surface area contributed by atoms with E-state index in [1.165, 1.54) is 6.42 Å². The molecule has 9 nitrogen and oxygen atoms in total. The number of rotatable bonds is 8. The summed E-state index contributed by atoms with van der Waals surface area (Å²) < 4.78 is 25.2. The van der Waals surface area contributed by atoms with Crippen LogP contribution in [0.1, 0.15) is 81.6 Å². The first-order chi connectivity index (χ1) is 19.7. The molecule has 7 rings (SSSR count). The Hall–Kier alpha value is -2.85. The standard InChI is InChI=1S/C32H44BN3O6/c1-19-20(10-11-33-41-26-13-21-12-25(31(21,5)6)32(26,7)42-33)8-9-24(28(19)29(38)40-30(2,3)4)39-23-16-36(17-23)27(37)14-22-15-34-18-35-22/h8-9,15,18,21,23,25-26H,10-14,16-17H2,1-7H3,(H,34,35)/t21-,25-,26+,32-/m0/s1. The summed E-state index contributed by atoms with van der Waals surface area (Å²) in [6.07, 6.45) is 7.19. The van der Waals surface area contributed by atoms with Gasteiger partial charge in [-0.2, -0.15) is 0 Å². The van der Waals surface area contributed by atoms with Gasteiger partial charge in [-0.15, -0.1) is 0 Å². The molecule has 5 fully saturated rings. The fraction of sp³-hybridized carbons (Fsp3) is 0.656. The summed E-state index contributed by atoms with van der Waals surface area (Å²) in [7, 11) is -0.254. The number of nitrogens with zero attached hydrogens (tertiary/aromatic N) is 2. The van der Waals surface area contributed by atoms with E-state index in [-0.39, 0.29) is 37.3 Å². The molecule has 0 spiro atoms. The Morgan fingerprint density at radius 1 is 1.19 bits per heavy atom. The highest BCUT2D eigenvalue weighted by molar-refractivity contribution is 6.45. The van der Waals surface area contributed by atoms with E-state index in [0.29, 0.717) is 54.4 Å². The number of hydrogen-bond donors (Lipinski definition) is 1. The summed E-state index contributed by atoms with van der Waals surface area (Å²) in [5, 5.41) is 0. The number of carbonyl (C=O) groups is 2. The summed E-state index contributed by atoms with van der Waals surface area (Å²) >= 11 is 0. The molecule has 3 aliphatic carbocycles. The predicted molar refractivity (Wildman–Crippen MR) is 158 cm³/mol. The van der Waals surface area contributed by atoms with Crippen LogP contribution < -0.4 is 4.74 Å². The van der Waals surface area contributed by atoms with Gasteiger partial charge in [-0.1, -0.05) is 19.9 Å². The van der Waals surface area contributed by atoms with E-state index in [9.17, 15) is 9.59 Å². The Balaban J connectivity index is 1.12. The third kappa shape index (κ3) is 5.25. The van der Waals surface area contributed by atoms with Crippen LogP contribution in [0.3, 0.4) is 0 Å². The molecule has 0 unspecified atom stereocenters. The lowest BCUT2D eigenvalue weighted by Crippen LogP contribution is -2.65. The van der Waals surface area contributed by atoms with Crippen LogP contribution >= 0.6 is 0 Å². The van der Waals surface area contributed by atoms with Crippen LogP contribution in [0.4, 0.5) is 0 Å². The number of ether oxygens (including phenoxy) is 2. The van der Waals surface area contributed by atoms with Crippen molar-refractivity contribution in [2.75, 3.05) is 13.1 Å². The number of hydrogen-bond acceptors (Lipinski definition) is 7. The van der Waals surface area contributed by atoms with Crippen molar-refractivity contribution in [2.45, 2.75) is 104 Å². The molecule has 226 valence electrons. The molecule has 42 heavy (non-hydrogen) atoms. The van der Waals surface area contributed by atoms with Gasteiger partial charge in [0.1, 0.15) is 23.0 Å². The first-order valence-electron chi connectivity index (χ1n) is 15.4. The number of amides is 1. The minimum atomic E-state index is -0.644. The van der Waals surface area contributed by atoms with Crippen molar-refractivity contribution in [3.05, 3.63) is 47.0 Å². The Kier molecular flexibility index (Phi) is 7.24. The van der Waals surface area contributed by atoms with Crippen molar-refractivity contribution >= 4 is 19.0 Å². The molecule has 2 aliphatic heterocycles. The SMILES string of the molecule is Cc1c(CCB2O[C@@H]3C[C@@H]4C[C@@H](C4(C)C)[C@]3(C)O2)ccc(OC2CN(C(=O)Cc3cnc[nH]3)C2)c1C(=O)OC(C)(C)C. The molecule has 0 radical (unpaired) electrons. The second-order valence-corrected chi connectivity index (χ2v) is 14.5. The zero-order valence-corrected chi connectivity index (χ0v) is 26.0. The first kappa shape index (κ1) is 29.2. The van der Waals surface area contributed by atoms with Gasteiger partial charge in [-0.3, -0.25) is 4.79 Å². The number of likely N-dealkylation sites (tertiary alicyclic amines) is 1. The fourth-order valence-electron chi connectivity index (χ4n) is 7.58. The van der Waals surface area contributed by atoms with Crippen molar-refractivity contribution in [3.8, 4) is 5.75 Å². The number of imidazole rings is 1. The highest BCUT2D eigenvalue weighted by Crippen LogP contribution is 2.65. The molecule has 10 heteroatoms. The molecule has 4 atom stereocenters. The summed E-state index contributed by atoms with van der Waals surface area (Å²) in [6, 6.07) is 3.90. The molecule has 1 aromatic carbocycles. The Morgan fingerprint density at radius 2 is 1.95 bits per heavy atom. The maximum atomic E-state index is 13.4. The number of aryl methyl sites for hydroxylation is 1. The molecule has 2 aromatic rings. The van der Waals surface area contributed by atoms with Gasteiger partial charge in [0.15, 0.2) is 0 Å². The third-order valence-corrected chi connectivity index (χ3v) is 10.2. The number of benzene rings is 1. The van der Waals surface area contributed by atoms with Crippen LogP contribution in [0.5, 0.6) is 5.75 Å². The van der Waals surface area contributed by atoms with Crippen LogP contribution in [0.25, 0.3) is 0 Å². The molecule has 3 heterocycles. The van der Waals surface area contributed by atoms with E-state index in [2.05, 4.69) is 30.7 Å². The zero-order chi connectivity index (χ0) is 30.0. The van der Waals surface area contributed by atoms with E-state index < -0.39 is 11.6 Å². The summed E-state index contributed by atoms with van der Waals surface area (Å²) in [5.74, 6) is 1.34. The molecule has 3 saturated carbocycles. The Bertz CT molecular complexity index is 1350. The summed E-state index contributed by atoms with van der Waals surface area (Å²) in [6.45, 7) is 15.5. The van der Waals surface area contributed by atoms with E-state index >= 15 is 0 Å². The maximum Gasteiger partial charge on any atom is 0.457 e. The quantitative estimate of drug-likeness (QED) is 0.356. The van der Waals surface area contributed by atoms with Gasteiger partial charge < -0.3 is 28.7 Å². The summed E-state index contributed by atoms with van der Waals surface area (Å²) in [4.78, 5) is 34.7. The molecule has 1 amide bonds. The van der Waals surface area contributed by atoms with Crippen LogP contribution in [0.15, 0.2) is 24.7 Å². The topological polar surface area (TPSA) is 103 Å². The number of aromatic amines is 1. The highest BCUT2D eigenvalue weighted by atomic mass is 16.7. The van der Waals surface area contributed by atoms with Crippen molar-refractivity contribution in [3.63, 3.8) is 0 Å². The zero-order valence-electron chi connectivity index (χ0n) is 26.0. The molecular formula is C32H44BN3O6. The van der Waals surface area contributed by atoms with Crippen molar-refractivity contribution in [1.29, 1.82) is 0 Å². The van der Waals surface area contributed by atoms with Crippen molar-refractivity contribution in [2.24, 2.45) is 17.3 Å². The van der Waals surface area contributed by atoms with Gasteiger partial charge in [-0.05, 0) is 94.6 Å². The van der Waals surface area contributed by atoms with Gasteiger partial charge in [0.05, 0.1) is 37.5 Å². The second-order valence-electron chi connectivity index (χ2n) is 14.5. The second kappa shape index (κ2) is 10.4. The van der Waals surface area contributed by atoms with E-state index in [1.54, 1.807) is 17.4 Å². The Morgan fingerprint density at radius 3 is 2.62 bits per heavy atom. The molecule has 5 aliphatic rings. The fourth-order valence-corrected chi connectivity index (χ4v) is 7.58. The predicted octanol–water partition coefficient (Wildman–Crippen LogP) is 4.78. The average Bonchev–Trinajstić information content (AvgIpc) is 3.50. The lowest BCUT2D eigenvalue weighted by Gasteiger charge is -2.64. The minimum absolute atomic E-state index is 0.0174. The number of aromatic nitrogens is 2. The maximum absolute atomic E-state index is 13.4. The largest absolute Gasteiger partial charge is 0.486 e. The third-order valence-electron chi connectivity index (χ3n) is 10.2. The number of carbonyl (C=O) groups excluding carboxylic acids is 2. The van der Waals surface area contributed by atoms with Crippen molar-refractivity contribution < 1.29 is 28.4 Å². The molecular weight excluding hydrogens is 533 g/mol. The van der Waals surface area contributed by atoms with Gasteiger partial charge >= 0.3 is 13.1 Å². The van der Waals surface area contributed by atoms with Gasteiger partial charge in [0, 0.05) is 11.9 Å². The smallest absolute Gasteiger partial charge is 0.457 e. The lowest BCUT2D eigenvalue weighted by atomic mass is 9.43. The monoisotopic (exact) mass is 577 g/mol. The molecule has 2 bridgehead atoms. The average molecular weight is 578 g/mol. The van der Waals surface area contributed by atoms with Gasteiger partial charge in [-0.25, -0.2) is 9.78 Å². The first-order valence-corrected chi connectivity index (χ1v) is 15.4. The molecule has 1 aromatic heterocycles. The van der Waals surface area contributed by atoms with Gasteiger partial charge in [0.25, 0.3) is 0 Å². The Labute approximate surface area is 249 Å². The van der Waals surface area contributed by atoms with Crippen LogP contribution in [-0.2, 0) is 31.7 Å². The normalized spacial score (nSPS) is 28.1. The number of nitrogens with one attached hydrogen (secondary N) is 1. The lowest BCUT2D eigenvalue weighted by molar-refractivity contribution is -0.199. The van der Waals surface area contributed by atoms with Crippen LogP contribution in [0.2, 0.25) is 6.32 Å². The number of esters is 1. The van der Waals surface area contributed by atoms with E-state index in [4.69, 9.17) is 18.8 Å². The van der Waals surface area contributed by atoms with Gasteiger partial charge in [0.2, 0.25) is 5.91 Å². The number of H-pyrrole nitrogens is 1. The van der Waals surface area contributed by atoms with E-state index in [0.717, 1.165) is 23.2 Å².